The van der Waals surface area contributed by atoms with Gasteiger partial charge < -0.3 is 9.84 Å². The number of carboxylic acid groups (broad SMARTS) is 1. The van der Waals surface area contributed by atoms with E-state index < -0.39 is 5.97 Å². The molecule has 0 aliphatic rings. The lowest BCUT2D eigenvalue weighted by Gasteiger charge is -2.09. The van der Waals surface area contributed by atoms with Crippen LogP contribution in [0.15, 0.2) is 47.8 Å². The molecule has 29 heavy (non-hydrogen) atoms. The minimum absolute atomic E-state index is 0.133. The van der Waals surface area contributed by atoms with Gasteiger partial charge in [-0.25, -0.2) is 9.78 Å². The number of carbonyl (C=O) groups is 2. The predicted octanol–water partition coefficient (Wildman–Crippen LogP) is 5.11. The zero-order valence-electron chi connectivity index (χ0n) is 16.3. The van der Waals surface area contributed by atoms with Crippen LogP contribution < -0.4 is 10.1 Å². The van der Waals surface area contributed by atoms with Gasteiger partial charge in [-0.15, -0.1) is 11.3 Å². The number of rotatable bonds is 8. The van der Waals surface area contributed by atoms with Gasteiger partial charge in [0.2, 0.25) is 0 Å². The first kappa shape index (κ1) is 20.5. The summed E-state index contributed by atoms with van der Waals surface area (Å²) in [4.78, 5) is 27.9. The number of amides is 1. The molecular weight excluding hydrogens is 388 g/mol. The lowest BCUT2D eigenvalue weighted by Crippen LogP contribution is -2.12. The molecule has 6 nitrogen and oxygen atoms in total. The van der Waals surface area contributed by atoms with Crippen LogP contribution in [-0.4, -0.2) is 29.1 Å². The van der Waals surface area contributed by atoms with Crippen molar-refractivity contribution in [1.82, 2.24) is 4.98 Å². The Morgan fingerprint density at radius 2 is 1.86 bits per heavy atom. The highest BCUT2D eigenvalue weighted by atomic mass is 32.1. The number of aryl methyl sites for hydroxylation is 1. The molecule has 1 aromatic heterocycles. The third-order valence-corrected chi connectivity index (χ3v) is 5.24. The van der Waals surface area contributed by atoms with Crippen LogP contribution in [0.5, 0.6) is 5.75 Å². The summed E-state index contributed by atoms with van der Waals surface area (Å²) < 4.78 is 5.48. The average molecular weight is 410 g/mol. The second kappa shape index (κ2) is 9.34. The molecule has 3 aromatic rings. The molecule has 1 heterocycles. The first-order valence-corrected chi connectivity index (χ1v) is 10.2. The van der Waals surface area contributed by atoms with Crippen molar-refractivity contribution >= 4 is 28.3 Å². The highest BCUT2D eigenvalue weighted by Gasteiger charge is 2.14. The summed E-state index contributed by atoms with van der Waals surface area (Å²) >= 11 is 1.33. The van der Waals surface area contributed by atoms with Gasteiger partial charge in [-0.1, -0.05) is 19.4 Å². The fraction of sp³-hybridized carbons (Fsp3) is 0.227. The number of aromatic carboxylic acids is 1. The van der Waals surface area contributed by atoms with Gasteiger partial charge in [0.15, 0.2) is 5.13 Å². The van der Waals surface area contributed by atoms with E-state index >= 15 is 0 Å². The van der Waals surface area contributed by atoms with Crippen LogP contribution >= 0.6 is 11.3 Å². The Labute approximate surface area is 173 Å². The van der Waals surface area contributed by atoms with E-state index in [2.05, 4.69) is 29.4 Å². The molecule has 3 rings (SSSR count). The van der Waals surface area contributed by atoms with E-state index in [9.17, 15) is 9.59 Å². The lowest BCUT2D eigenvalue weighted by molar-refractivity contribution is 0.0696. The number of hydrogen-bond donors (Lipinski definition) is 2. The van der Waals surface area contributed by atoms with E-state index in [-0.39, 0.29) is 11.5 Å². The minimum Gasteiger partial charge on any atom is -0.496 e. The molecule has 0 radical (unpaired) electrons. The smallest absolute Gasteiger partial charge is 0.335 e. The first-order chi connectivity index (χ1) is 14.0. The Morgan fingerprint density at radius 1 is 1.14 bits per heavy atom. The Bertz CT molecular complexity index is 1010. The summed E-state index contributed by atoms with van der Waals surface area (Å²) in [6, 6.07) is 11.9. The fourth-order valence-electron chi connectivity index (χ4n) is 2.88. The molecule has 1 amide bonds. The van der Waals surface area contributed by atoms with E-state index in [0.29, 0.717) is 10.7 Å². The number of nitrogens with one attached hydrogen (secondary N) is 1. The summed E-state index contributed by atoms with van der Waals surface area (Å²) in [5, 5.41) is 14.1. The van der Waals surface area contributed by atoms with Crippen LogP contribution in [0.1, 0.15) is 46.0 Å². The average Bonchev–Trinajstić information content (AvgIpc) is 3.20. The zero-order chi connectivity index (χ0) is 20.8. The maximum atomic E-state index is 12.4. The van der Waals surface area contributed by atoms with Crippen molar-refractivity contribution in [3.8, 4) is 17.0 Å². The number of unbranched alkanes of at least 4 members (excludes halogenated alkanes) is 1. The van der Waals surface area contributed by atoms with Gasteiger partial charge >= 0.3 is 5.97 Å². The summed E-state index contributed by atoms with van der Waals surface area (Å²) in [5.41, 5.74) is 3.35. The van der Waals surface area contributed by atoms with Gasteiger partial charge in [-0.2, -0.15) is 0 Å². The quantitative estimate of drug-likeness (QED) is 0.539. The van der Waals surface area contributed by atoms with Gasteiger partial charge in [0.1, 0.15) is 5.75 Å². The number of nitrogens with zero attached hydrogens (tertiary/aromatic N) is 1. The summed E-state index contributed by atoms with van der Waals surface area (Å²) in [6.45, 7) is 2.16. The van der Waals surface area contributed by atoms with Gasteiger partial charge in [0.25, 0.3) is 5.91 Å². The van der Waals surface area contributed by atoms with Crippen molar-refractivity contribution in [3.63, 3.8) is 0 Å². The number of methoxy groups -OCH3 is 1. The molecule has 7 heteroatoms. The van der Waals surface area contributed by atoms with E-state index in [1.165, 1.54) is 41.2 Å². The molecule has 2 N–H and O–H groups in total. The van der Waals surface area contributed by atoms with Crippen LogP contribution in [0.2, 0.25) is 0 Å². The molecule has 0 spiro atoms. The number of ether oxygens (including phenoxy) is 1. The van der Waals surface area contributed by atoms with Gasteiger partial charge in [-0.3, -0.25) is 10.1 Å². The number of hydrogen-bond acceptors (Lipinski definition) is 5. The number of benzene rings is 2. The second-order valence-electron chi connectivity index (χ2n) is 6.51. The molecule has 0 fully saturated rings. The van der Waals surface area contributed by atoms with Gasteiger partial charge in [0.05, 0.1) is 18.4 Å². The normalized spacial score (nSPS) is 10.6. The maximum absolute atomic E-state index is 12.4. The van der Waals surface area contributed by atoms with E-state index in [0.717, 1.165) is 36.3 Å². The van der Waals surface area contributed by atoms with Crippen LogP contribution in [0.3, 0.4) is 0 Å². The highest BCUT2D eigenvalue weighted by molar-refractivity contribution is 7.14. The Hall–Kier alpha value is -3.19. The topological polar surface area (TPSA) is 88.5 Å². The monoisotopic (exact) mass is 410 g/mol. The lowest BCUT2D eigenvalue weighted by atomic mass is 10.0. The molecule has 0 saturated carbocycles. The molecular formula is C22H22N2O4S. The molecule has 0 atom stereocenters. The molecule has 2 aromatic carbocycles. The Morgan fingerprint density at radius 3 is 2.52 bits per heavy atom. The summed E-state index contributed by atoms with van der Waals surface area (Å²) in [6.07, 6.45) is 3.24. The molecule has 0 unspecified atom stereocenters. The van der Waals surface area contributed by atoms with E-state index in [4.69, 9.17) is 9.84 Å². The standard InChI is InChI=1S/C22H22N2O4S/c1-3-4-5-14-6-11-19(28-2)17(12-14)18-13-29-22(23-18)24-20(25)15-7-9-16(10-8-15)21(26)27/h6-13H,3-5H2,1-2H3,(H,26,27)(H,23,24,25). The molecule has 0 aliphatic carbocycles. The number of carboxylic acids is 1. The third-order valence-electron chi connectivity index (χ3n) is 4.48. The largest absolute Gasteiger partial charge is 0.496 e. The van der Waals surface area contributed by atoms with Crippen molar-refractivity contribution in [3.05, 3.63) is 64.5 Å². The Kier molecular flexibility index (Phi) is 6.61. The fourth-order valence-corrected chi connectivity index (χ4v) is 3.59. The molecule has 0 saturated heterocycles. The van der Waals surface area contributed by atoms with Crippen molar-refractivity contribution in [2.24, 2.45) is 0 Å². The number of thiazole rings is 1. The van der Waals surface area contributed by atoms with Crippen molar-refractivity contribution in [2.75, 3.05) is 12.4 Å². The Balaban J connectivity index is 1.78. The molecule has 0 aliphatic heterocycles. The van der Waals surface area contributed by atoms with Crippen LogP contribution in [0.4, 0.5) is 5.13 Å². The van der Waals surface area contributed by atoms with Gasteiger partial charge in [-0.05, 0) is 54.8 Å². The highest BCUT2D eigenvalue weighted by Crippen LogP contribution is 2.33. The maximum Gasteiger partial charge on any atom is 0.335 e. The van der Waals surface area contributed by atoms with Crippen LogP contribution in [0, 0.1) is 0 Å². The summed E-state index contributed by atoms with van der Waals surface area (Å²) in [5.74, 6) is -0.638. The SMILES string of the molecule is CCCCc1ccc(OC)c(-c2csc(NC(=O)c3ccc(C(=O)O)cc3)n2)c1. The summed E-state index contributed by atoms with van der Waals surface area (Å²) in [7, 11) is 1.63. The van der Waals surface area contributed by atoms with Crippen molar-refractivity contribution in [1.29, 1.82) is 0 Å². The van der Waals surface area contributed by atoms with Crippen LogP contribution in [-0.2, 0) is 6.42 Å². The number of carbonyl (C=O) groups excluding carboxylic acids is 1. The van der Waals surface area contributed by atoms with Crippen molar-refractivity contribution in [2.45, 2.75) is 26.2 Å². The zero-order valence-corrected chi connectivity index (χ0v) is 17.1. The predicted molar refractivity (Wildman–Crippen MR) is 114 cm³/mol. The number of anilines is 1. The molecule has 0 bridgehead atoms. The second-order valence-corrected chi connectivity index (χ2v) is 7.37. The first-order valence-electron chi connectivity index (χ1n) is 9.29. The van der Waals surface area contributed by atoms with E-state index in [1.54, 1.807) is 7.11 Å². The van der Waals surface area contributed by atoms with Crippen LogP contribution in [0.25, 0.3) is 11.3 Å². The van der Waals surface area contributed by atoms with Gasteiger partial charge in [0, 0.05) is 16.5 Å². The van der Waals surface area contributed by atoms with Crippen molar-refractivity contribution < 1.29 is 19.4 Å². The molecule has 150 valence electrons. The third kappa shape index (κ3) is 5.00. The number of aromatic nitrogens is 1. The van der Waals surface area contributed by atoms with E-state index in [1.807, 2.05) is 11.4 Å². The minimum atomic E-state index is -1.03.